The van der Waals surface area contributed by atoms with E-state index in [1.807, 2.05) is 54.6 Å². The molecule has 6 aromatic rings. The fourth-order valence-corrected chi connectivity index (χ4v) is 4.05. The van der Waals surface area contributed by atoms with Gasteiger partial charge in [0.15, 0.2) is 0 Å². The Labute approximate surface area is 196 Å². The van der Waals surface area contributed by atoms with Crippen LogP contribution in [0.2, 0.25) is 0 Å². The van der Waals surface area contributed by atoms with Gasteiger partial charge in [0.1, 0.15) is 5.65 Å². The van der Waals surface area contributed by atoms with Crippen LogP contribution in [0.3, 0.4) is 0 Å². The normalized spacial score (nSPS) is 10.9. The first kappa shape index (κ1) is 20.2. The minimum Gasteiger partial charge on any atom is -0.319 e. The SMILES string of the molecule is [Ni+2].[c-]1c(-c2ccccn2)cccc1-c1ccc2c3ccccc3n(-c3[c-]cccc3)c2n1. The first-order chi connectivity index (χ1) is 15.4. The maximum absolute atomic E-state index is 5.09. The molecule has 32 heavy (non-hydrogen) atoms. The minimum atomic E-state index is 0. The molecule has 0 atom stereocenters. The molecule has 0 spiro atoms. The second-order valence-corrected chi connectivity index (χ2v) is 7.36. The number of fused-ring (bicyclic) bond motifs is 3. The van der Waals surface area contributed by atoms with Crippen molar-refractivity contribution in [3.8, 4) is 28.2 Å². The van der Waals surface area contributed by atoms with E-state index in [4.69, 9.17) is 4.98 Å². The molecule has 0 amide bonds. The van der Waals surface area contributed by atoms with Crippen LogP contribution in [0.4, 0.5) is 0 Å². The van der Waals surface area contributed by atoms with Gasteiger partial charge < -0.3 is 4.57 Å². The zero-order valence-electron chi connectivity index (χ0n) is 17.0. The summed E-state index contributed by atoms with van der Waals surface area (Å²) in [6, 6.07) is 39.5. The van der Waals surface area contributed by atoms with Crippen LogP contribution < -0.4 is 0 Å². The molecule has 3 nitrogen and oxygen atoms in total. The summed E-state index contributed by atoms with van der Waals surface area (Å²) >= 11 is 0. The fourth-order valence-electron chi connectivity index (χ4n) is 4.05. The van der Waals surface area contributed by atoms with Crippen molar-refractivity contribution in [1.82, 2.24) is 14.5 Å². The molecule has 0 aliphatic rings. The summed E-state index contributed by atoms with van der Waals surface area (Å²) < 4.78 is 2.18. The topological polar surface area (TPSA) is 30.7 Å². The Bertz CT molecular complexity index is 1520. The third kappa shape index (κ3) is 3.39. The smallest absolute Gasteiger partial charge is 0.319 e. The van der Waals surface area contributed by atoms with Crippen molar-refractivity contribution in [2.75, 3.05) is 0 Å². The average molecular weight is 454 g/mol. The van der Waals surface area contributed by atoms with Crippen molar-refractivity contribution in [2.24, 2.45) is 0 Å². The molecule has 3 aromatic carbocycles. The van der Waals surface area contributed by atoms with E-state index in [-0.39, 0.29) is 16.5 Å². The summed E-state index contributed by atoms with van der Waals surface area (Å²) in [4.78, 5) is 9.54. The molecule has 0 radical (unpaired) electrons. The molecular formula is C28H17N3Ni. The summed E-state index contributed by atoms with van der Waals surface area (Å²) in [7, 11) is 0. The average Bonchev–Trinajstić information content (AvgIpc) is 3.19. The zero-order valence-corrected chi connectivity index (χ0v) is 18.0. The predicted molar refractivity (Wildman–Crippen MR) is 125 cm³/mol. The van der Waals surface area contributed by atoms with Crippen LogP contribution in [0.15, 0.2) is 103 Å². The number of nitrogens with zero attached hydrogens (tertiary/aromatic N) is 3. The van der Waals surface area contributed by atoms with E-state index in [0.29, 0.717) is 0 Å². The van der Waals surface area contributed by atoms with Crippen LogP contribution >= 0.6 is 0 Å². The van der Waals surface area contributed by atoms with Crippen LogP contribution in [-0.4, -0.2) is 14.5 Å². The maximum Gasteiger partial charge on any atom is 2.00 e. The van der Waals surface area contributed by atoms with E-state index in [1.165, 1.54) is 5.39 Å². The number of hydrogen-bond acceptors (Lipinski definition) is 2. The molecule has 0 aliphatic heterocycles. The van der Waals surface area contributed by atoms with E-state index in [1.54, 1.807) is 6.20 Å². The van der Waals surface area contributed by atoms with E-state index >= 15 is 0 Å². The zero-order chi connectivity index (χ0) is 20.6. The van der Waals surface area contributed by atoms with Gasteiger partial charge in [-0.1, -0.05) is 59.3 Å². The van der Waals surface area contributed by atoms with Crippen molar-refractivity contribution >= 4 is 21.9 Å². The molecule has 0 N–H and O–H groups in total. The molecule has 0 aliphatic carbocycles. The van der Waals surface area contributed by atoms with Gasteiger partial charge >= 0.3 is 16.5 Å². The van der Waals surface area contributed by atoms with Crippen molar-refractivity contribution in [1.29, 1.82) is 0 Å². The van der Waals surface area contributed by atoms with Gasteiger partial charge in [0, 0.05) is 28.4 Å². The van der Waals surface area contributed by atoms with Crippen LogP contribution in [-0.2, 0) is 16.5 Å². The maximum atomic E-state index is 5.09. The fraction of sp³-hybridized carbons (Fsp3) is 0. The molecule has 0 fully saturated rings. The van der Waals surface area contributed by atoms with Crippen molar-refractivity contribution < 1.29 is 16.5 Å². The van der Waals surface area contributed by atoms with Crippen LogP contribution in [0.5, 0.6) is 0 Å². The van der Waals surface area contributed by atoms with Crippen molar-refractivity contribution in [3.05, 3.63) is 115 Å². The summed E-state index contributed by atoms with van der Waals surface area (Å²) in [5, 5.41) is 2.30. The van der Waals surface area contributed by atoms with Gasteiger partial charge in [-0.25, -0.2) is 0 Å². The standard InChI is InChI=1S/C28H17N3.Ni/c1-2-11-22(12-3-1)31-27-15-5-4-13-23(27)24-16-17-26(30-28(24)31)21-10-8-9-20(19-21)25-14-6-7-18-29-25;/h1-11,13-18H;/q-2;+2. The van der Waals surface area contributed by atoms with Gasteiger partial charge in [-0.2, -0.15) is 24.3 Å². The molecular weight excluding hydrogens is 437 g/mol. The first-order valence-corrected chi connectivity index (χ1v) is 10.2. The van der Waals surface area contributed by atoms with Gasteiger partial charge in [-0.05, 0) is 12.1 Å². The third-order valence-electron chi connectivity index (χ3n) is 5.47. The van der Waals surface area contributed by atoms with Gasteiger partial charge in [-0.15, -0.1) is 30.3 Å². The summed E-state index contributed by atoms with van der Waals surface area (Å²) in [6.07, 6.45) is 1.80. The summed E-state index contributed by atoms with van der Waals surface area (Å²) in [6.45, 7) is 0. The Hall–Kier alpha value is -3.75. The molecule has 4 heteroatoms. The second-order valence-electron chi connectivity index (χ2n) is 7.36. The van der Waals surface area contributed by atoms with Gasteiger partial charge in [0.2, 0.25) is 0 Å². The Morgan fingerprint density at radius 1 is 0.656 bits per heavy atom. The molecule has 0 unspecified atom stereocenters. The number of benzene rings is 3. The van der Waals surface area contributed by atoms with E-state index in [9.17, 15) is 0 Å². The molecule has 154 valence electrons. The number of pyridine rings is 2. The van der Waals surface area contributed by atoms with Gasteiger partial charge in [0.25, 0.3) is 0 Å². The van der Waals surface area contributed by atoms with Crippen LogP contribution in [0, 0.1) is 12.1 Å². The van der Waals surface area contributed by atoms with Gasteiger partial charge in [0.05, 0.1) is 5.52 Å². The molecule has 3 heterocycles. The van der Waals surface area contributed by atoms with Gasteiger partial charge in [-0.3, -0.25) is 9.97 Å². The first-order valence-electron chi connectivity index (χ1n) is 10.2. The monoisotopic (exact) mass is 453 g/mol. The second kappa shape index (κ2) is 8.41. The predicted octanol–water partition coefficient (Wildman–Crippen LogP) is 6.51. The number of para-hydroxylation sites is 2. The Kier molecular flexibility index (Phi) is 5.30. The Morgan fingerprint density at radius 3 is 2.28 bits per heavy atom. The third-order valence-corrected chi connectivity index (χ3v) is 5.47. The van der Waals surface area contributed by atoms with E-state index < -0.39 is 0 Å². The van der Waals surface area contributed by atoms with Crippen LogP contribution in [0.1, 0.15) is 0 Å². The quantitative estimate of drug-likeness (QED) is 0.226. The van der Waals surface area contributed by atoms with E-state index in [0.717, 1.165) is 44.8 Å². The molecule has 0 bridgehead atoms. The van der Waals surface area contributed by atoms with Crippen molar-refractivity contribution in [2.45, 2.75) is 0 Å². The number of aromatic nitrogens is 3. The van der Waals surface area contributed by atoms with E-state index in [2.05, 4.69) is 64.1 Å². The summed E-state index contributed by atoms with van der Waals surface area (Å²) in [5.74, 6) is 0. The Morgan fingerprint density at radius 2 is 1.47 bits per heavy atom. The molecule has 6 rings (SSSR count). The largest absolute Gasteiger partial charge is 2.00 e. The van der Waals surface area contributed by atoms with Crippen molar-refractivity contribution in [3.63, 3.8) is 0 Å². The molecule has 3 aromatic heterocycles. The Balaban J connectivity index is 0.00000216. The van der Waals surface area contributed by atoms with Crippen LogP contribution in [0.25, 0.3) is 50.1 Å². The molecule has 0 saturated heterocycles. The number of hydrogen-bond donors (Lipinski definition) is 0. The summed E-state index contributed by atoms with van der Waals surface area (Å²) in [5.41, 5.74) is 6.69. The minimum absolute atomic E-state index is 0. The number of rotatable bonds is 3. The molecule has 0 saturated carbocycles.